The van der Waals surface area contributed by atoms with Crippen molar-refractivity contribution < 1.29 is 9.90 Å². The zero-order valence-electron chi connectivity index (χ0n) is 11.3. The van der Waals surface area contributed by atoms with Gasteiger partial charge in [0.2, 0.25) is 0 Å². The van der Waals surface area contributed by atoms with Crippen LogP contribution in [-0.4, -0.2) is 39.7 Å². The normalized spacial score (nSPS) is 11.9. The van der Waals surface area contributed by atoms with Crippen LogP contribution in [0.2, 0.25) is 0 Å². The molecule has 0 saturated carbocycles. The van der Waals surface area contributed by atoms with Crippen molar-refractivity contribution in [3.05, 3.63) is 24.0 Å². The van der Waals surface area contributed by atoms with Crippen LogP contribution in [0.25, 0.3) is 0 Å². The third-order valence-electron chi connectivity index (χ3n) is 3.15. The number of aromatic nitrogens is 1. The molecular weight excluding hydrogens is 216 g/mol. The van der Waals surface area contributed by atoms with E-state index in [0.717, 1.165) is 0 Å². The first kappa shape index (κ1) is 13.8. The number of nitrogens with zero attached hydrogens (tertiary/aromatic N) is 2. The van der Waals surface area contributed by atoms with Crippen molar-refractivity contribution in [2.45, 2.75) is 39.3 Å². The van der Waals surface area contributed by atoms with Crippen LogP contribution >= 0.6 is 0 Å². The van der Waals surface area contributed by atoms with Gasteiger partial charge in [-0.3, -0.25) is 4.79 Å². The largest absolute Gasteiger partial charge is 0.394 e. The molecule has 0 fully saturated rings. The first-order valence-electron chi connectivity index (χ1n) is 5.87. The van der Waals surface area contributed by atoms with E-state index in [-0.39, 0.29) is 18.6 Å². The van der Waals surface area contributed by atoms with E-state index in [1.807, 2.05) is 50.6 Å². The van der Waals surface area contributed by atoms with Crippen molar-refractivity contribution in [3.8, 4) is 0 Å². The minimum Gasteiger partial charge on any atom is -0.394 e. The number of carbonyl (C=O) groups excluding carboxylic acids is 1. The Morgan fingerprint density at radius 3 is 2.59 bits per heavy atom. The first-order valence-corrected chi connectivity index (χ1v) is 5.87. The summed E-state index contributed by atoms with van der Waals surface area (Å²) in [5.41, 5.74) is 0.104. The molecule has 1 amide bonds. The van der Waals surface area contributed by atoms with Crippen molar-refractivity contribution in [2.24, 2.45) is 0 Å². The molecular formula is C13H22N2O2. The smallest absolute Gasteiger partial charge is 0.270 e. The van der Waals surface area contributed by atoms with Gasteiger partial charge in [-0.2, -0.15) is 0 Å². The second kappa shape index (κ2) is 4.92. The summed E-state index contributed by atoms with van der Waals surface area (Å²) in [5.74, 6) is -0.0669. The van der Waals surface area contributed by atoms with E-state index in [1.54, 1.807) is 11.9 Å². The zero-order chi connectivity index (χ0) is 13.2. The summed E-state index contributed by atoms with van der Waals surface area (Å²) in [6.07, 6.45) is 1.90. The molecule has 1 heterocycles. The fourth-order valence-electron chi connectivity index (χ4n) is 1.58. The molecule has 0 aliphatic carbocycles. The monoisotopic (exact) mass is 238 g/mol. The van der Waals surface area contributed by atoms with Crippen molar-refractivity contribution in [1.82, 2.24) is 9.47 Å². The van der Waals surface area contributed by atoms with Gasteiger partial charge in [-0.25, -0.2) is 0 Å². The van der Waals surface area contributed by atoms with E-state index in [1.165, 1.54) is 0 Å². The summed E-state index contributed by atoms with van der Waals surface area (Å²) in [6.45, 7) is 7.70. The summed E-state index contributed by atoms with van der Waals surface area (Å²) in [4.78, 5) is 13.9. The maximum absolute atomic E-state index is 12.3. The van der Waals surface area contributed by atoms with Gasteiger partial charge >= 0.3 is 0 Å². The second-order valence-corrected chi connectivity index (χ2v) is 5.23. The van der Waals surface area contributed by atoms with Gasteiger partial charge in [0.05, 0.1) is 12.1 Å². The number of hydrogen-bond acceptors (Lipinski definition) is 2. The van der Waals surface area contributed by atoms with Crippen molar-refractivity contribution in [2.75, 3.05) is 13.7 Å². The molecule has 0 aliphatic rings. The lowest BCUT2D eigenvalue weighted by molar-refractivity contribution is 0.0462. The number of aliphatic hydroxyl groups is 1. The average molecular weight is 238 g/mol. The Balaban J connectivity index is 3.01. The lowest BCUT2D eigenvalue weighted by Gasteiger charge is -2.34. The highest BCUT2D eigenvalue weighted by Crippen LogP contribution is 2.18. The molecule has 4 heteroatoms. The Morgan fingerprint density at radius 1 is 1.53 bits per heavy atom. The van der Waals surface area contributed by atoms with Crippen molar-refractivity contribution in [3.63, 3.8) is 0 Å². The quantitative estimate of drug-likeness (QED) is 0.871. The number of likely N-dealkylation sites (N-methyl/N-ethyl adjacent to an activating group) is 1. The number of carbonyl (C=O) groups is 1. The molecule has 0 spiro atoms. The van der Waals surface area contributed by atoms with Crippen LogP contribution in [0.5, 0.6) is 0 Å². The Kier molecular flexibility index (Phi) is 3.98. The Labute approximate surface area is 103 Å². The highest BCUT2D eigenvalue weighted by Gasteiger charge is 2.29. The molecule has 0 bridgehead atoms. The van der Waals surface area contributed by atoms with Crippen molar-refractivity contribution >= 4 is 5.91 Å². The van der Waals surface area contributed by atoms with Gasteiger partial charge < -0.3 is 14.6 Å². The van der Waals surface area contributed by atoms with Crippen LogP contribution in [0.1, 0.15) is 44.2 Å². The SMILES string of the molecule is CC(C)n1cccc1C(=O)N(C)C(C)(C)CO. The van der Waals surface area contributed by atoms with Crippen LogP contribution in [0.15, 0.2) is 18.3 Å². The zero-order valence-corrected chi connectivity index (χ0v) is 11.3. The number of aliphatic hydroxyl groups excluding tert-OH is 1. The topological polar surface area (TPSA) is 45.5 Å². The molecule has 0 atom stereocenters. The molecule has 1 N–H and O–H groups in total. The van der Waals surface area contributed by atoms with E-state index in [9.17, 15) is 9.90 Å². The lowest BCUT2D eigenvalue weighted by Crippen LogP contribution is -2.48. The molecule has 0 saturated heterocycles. The maximum Gasteiger partial charge on any atom is 0.270 e. The molecule has 0 aliphatic heterocycles. The van der Waals surface area contributed by atoms with E-state index < -0.39 is 5.54 Å². The molecule has 0 aromatic carbocycles. The van der Waals surface area contributed by atoms with Gasteiger partial charge in [-0.15, -0.1) is 0 Å². The van der Waals surface area contributed by atoms with Gasteiger partial charge in [-0.05, 0) is 39.8 Å². The summed E-state index contributed by atoms with van der Waals surface area (Å²) in [6, 6.07) is 3.92. The summed E-state index contributed by atoms with van der Waals surface area (Å²) >= 11 is 0. The Bertz CT molecular complexity index is 394. The number of amides is 1. The number of rotatable bonds is 4. The van der Waals surface area contributed by atoms with Gasteiger partial charge in [0.1, 0.15) is 5.69 Å². The van der Waals surface area contributed by atoms with E-state index in [4.69, 9.17) is 0 Å². The average Bonchev–Trinajstić information content (AvgIpc) is 2.75. The van der Waals surface area contributed by atoms with Crippen LogP contribution < -0.4 is 0 Å². The van der Waals surface area contributed by atoms with E-state index in [0.29, 0.717) is 5.69 Å². The lowest BCUT2D eigenvalue weighted by atomic mass is 10.0. The predicted molar refractivity (Wildman–Crippen MR) is 68.1 cm³/mol. The van der Waals surface area contributed by atoms with Gasteiger partial charge in [0.15, 0.2) is 0 Å². The molecule has 1 aromatic heterocycles. The Morgan fingerprint density at radius 2 is 2.12 bits per heavy atom. The van der Waals surface area contributed by atoms with Gasteiger partial charge in [-0.1, -0.05) is 0 Å². The van der Waals surface area contributed by atoms with E-state index in [2.05, 4.69) is 0 Å². The number of hydrogen-bond donors (Lipinski definition) is 1. The predicted octanol–water partition coefficient (Wildman–Crippen LogP) is 1.91. The summed E-state index contributed by atoms with van der Waals surface area (Å²) in [5, 5.41) is 9.29. The fraction of sp³-hybridized carbons (Fsp3) is 0.615. The Hall–Kier alpha value is -1.29. The van der Waals surface area contributed by atoms with Crippen LogP contribution in [0.3, 0.4) is 0 Å². The maximum atomic E-state index is 12.3. The van der Waals surface area contributed by atoms with Crippen LogP contribution in [0.4, 0.5) is 0 Å². The third kappa shape index (κ3) is 2.69. The molecule has 1 aromatic rings. The van der Waals surface area contributed by atoms with Crippen LogP contribution in [0, 0.1) is 0 Å². The van der Waals surface area contributed by atoms with Gasteiger partial charge in [0, 0.05) is 19.3 Å². The molecule has 0 radical (unpaired) electrons. The second-order valence-electron chi connectivity index (χ2n) is 5.23. The van der Waals surface area contributed by atoms with Crippen LogP contribution in [-0.2, 0) is 0 Å². The summed E-state index contributed by atoms with van der Waals surface area (Å²) < 4.78 is 1.94. The summed E-state index contributed by atoms with van der Waals surface area (Å²) in [7, 11) is 1.72. The third-order valence-corrected chi connectivity index (χ3v) is 3.15. The molecule has 17 heavy (non-hydrogen) atoms. The van der Waals surface area contributed by atoms with Gasteiger partial charge in [0.25, 0.3) is 5.91 Å². The molecule has 1 rings (SSSR count). The standard InChI is InChI=1S/C13H22N2O2/c1-10(2)15-8-6-7-11(15)12(17)14(5)13(3,4)9-16/h6-8,10,16H,9H2,1-5H3. The minimum absolute atomic E-state index is 0.0579. The van der Waals surface area contributed by atoms with Crippen molar-refractivity contribution in [1.29, 1.82) is 0 Å². The first-order chi connectivity index (χ1) is 7.81. The highest BCUT2D eigenvalue weighted by atomic mass is 16.3. The fourth-order valence-corrected chi connectivity index (χ4v) is 1.58. The molecule has 96 valence electrons. The minimum atomic E-state index is -0.552. The highest BCUT2D eigenvalue weighted by molar-refractivity contribution is 5.93. The molecule has 4 nitrogen and oxygen atoms in total. The molecule has 0 unspecified atom stereocenters. The van der Waals surface area contributed by atoms with E-state index >= 15 is 0 Å².